The zero-order chi connectivity index (χ0) is 32.4. The number of piperazine rings is 1. The quantitative estimate of drug-likeness (QED) is 0.259. The van der Waals surface area contributed by atoms with E-state index >= 15 is 8.78 Å². The second-order valence-electron chi connectivity index (χ2n) is 11.9. The molecule has 1 atom stereocenters. The number of halogens is 3. The summed E-state index contributed by atoms with van der Waals surface area (Å²) in [6, 6.07) is 8.38. The first kappa shape index (κ1) is 33.5. The van der Waals surface area contributed by atoms with Crippen LogP contribution in [0.4, 0.5) is 20.3 Å². The van der Waals surface area contributed by atoms with Crippen molar-refractivity contribution in [3.8, 4) is 0 Å². The number of hydrogen-bond acceptors (Lipinski definition) is 8. The van der Waals surface area contributed by atoms with Crippen molar-refractivity contribution < 1.29 is 31.9 Å². The molecule has 2 aliphatic heterocycles. The summed E-state index contributed by atoms with van der Waals surface area (Å²) in [5.74, 6) is -4.50. The van der Waals surface area contributed by atoms with Crippen LogP contribution in [0.1, 0.15) is 44.1 Å². The molecule has 0 bridgehead atoms. The number of alkyl halides is 2. The highest BCUT2D eigenvalue weighted by molar-refractivity contribution is 7.89. The summed E-state index contributed by atoms with van der Waals surface area (Å²) in [5.41, 5.74) is 6.21. The molecular formula is C30H39ClF2N6O5S. The molecule has 1 aromatic heterocycles. The van der Waals surface area contributed by atoms with E-state index in [1.54, 1.807) is 21.9 Å². The van der Waals surface area contributed by atoms with E-state index in [0.29, 0.717) is 38.0 Å². The van der Waals surface area contributed by atoms with Gasteiger partial charge in [0.05, 0.1) is 4.90 Å². The summed E-state index contributed by atoms with van der Waals surface area (Å²) in [6.45, 7) is 1.40. The second-order valence-corrected chi connectivity index (χ2v) is 14.3. The number of hydrogen-bond donors (Lipinski definition) is 3. The molecule has 0 radical (unpaired) electrons. The number of carbonyl (C=O) groups excluding carboxylic acids is 2. The van der Waals surface area contributed by atoms with Gasteiger partial charge in [0.15, 0.2) is 0 Å². The Labute approximate surface area is 266 Å². The topological polar surface area (TPSA) is 149 Å². The Morgan fingerprint density at radius 2 is 1.76 bits per heavy atom. The van der Waals surface area contributed by atoms with Gasteiger partial charge >= 0.3 is 0 Å². The number of aromatic nitrogens is 1. The Balaban J connectivity index is 1.20. The summed E-state index contributed by atoms with van der Waals surface area (Å²) in [4.78, 5) is 32.1. The van der Waals surface area contributed by atoms with E-state index < -0.39 is 21.9 Å². The summed E-state index contributed by atoms with van der Waals surface area (Å²) in [7, 11) is -3.83. The monoisotopic (exact) mass is 668 g/mol. The van der Waals surface area contributed by atoms with Crippen molar-refractivity contribution >= 4 is 44.9 Å². The summed E-state index contributed by atoms with van der Waals surface area (Å²) in [5, 5.41) is 11.6. The largest absolute Gasteiger partial charge is 0.396 e. The molecule has 45 heavy (non-hydrogen) atoms. The molecule has 15 heteroatoms. The van der Waals surface area contributed by atoms with Crippen molar-refractivity contribution in [3.63, 3.8) is 0 Å². The lowest BCUT2D eigenvalue weighted by molar-refractivity contribution is -0.129. The van der Waals surface area contributed by atoms with E-state index in [1.807, 2.05) is 0 Å². The lowest BCUT2D eigenvalue weighted by atomic mass is 9.77. The number of aliphatic hydroxyl groups excluding tert-OH is 1. The minimum atomic E-state index is -3.83. The van der Waals surface area contributed by atoms with Gasteiger partial charge in [-0.15, -0.1) is 0 Å². The Hall–Kier alpha value is -2.91. The third kappa shape index (κ3) is 7.40. The van der Waals surface area contributed by atoms with E-state index in [9.17, 15) is 18.0 Å². The molecule has 3 heterocycles. The number of rotatable bonds is 10. The van der Waals surface area contributed by atoms with Crippen LogP contribution < -0.4 is 20.9 Å². The van der Waals surface area contributed by atoms with Crippen LogP contribution in [-0.2, 0) is 25.5 Å². The van der Waals surface area contributed by atoms with Gasteiger partial charge in [-0.25, -0.2) is 22.2 Å². The van der Waals surface area contributed by atoms with E-state index in [1.165, 1.54) is 28.6 Å². The van der Waals surface area contributed by atoms with E-state index in [4.69, 9.17) is 22.4 Å². The van der Waals surface area contributed by atoms with Crippen molar-refractivity contribution in [1.29, 1.82) is 0 Å². The number of sulfonamides is 1. The fourth-order valence-electron chi connectivity index (χ4n) is 6.32. The number of nitrogens with one attached hydrogen (secondary N) is 1. The van der Waals surface area contributed by atoms with Gasteiger partial charge in [-0.05, 0) is 68.5 Å². The van der Waals surface area contributed by atoms with E-state index in [-0.39, 0.29) is 97.3 Å². The molecule has 0 spiro atoms. The molecule has 5 rings (SSSR count). The van der Waals surface area contributed by atoms with Crippen LogP contribution in [-0.4, -0.2) is 86.5 Å². The van der Waals surface area contributed by atoms with Gasteiger partial charge in [0, 0.05) is 81.4 Å². The maximum atomic E-state index is 15.8. The average molecular weight is 669 g/mol. The second kappa shape index (κ2) is 13.8. The molecule has 2 aromatic rings. The smallest absolute Gasteiger partial charge is 0.276 e. The molecule has 2 saturated heterocycles. The van der Waals surface area contributed by atoms with Crippen LogP contribution in [0.25, 0.3) is 0 Å². The Morgan fingerprint density at radius 1 is 1.09 bits per heavy atom. The number of nitrogens with zero attached hydrogens (tertiary/aromatic N) is 4. The molecule has 3 aliphatic rings. The molecular weight excluding hydrogens is 630 g/mol. The zero-order valence-electron chi connectivity index (χ0n) is 24.9. The zero-order valence-corrected chi connectivity index (χ0v) is 26.4. The fourth-order valence-corrected chi connectivity index (χ4v) is 7.94. The van der Waals surface area contributed by atoms with Crippen LogP contribution in [0.15, 0.2) is 41.3 Å². The Morgan fingerprint density at radius 3 is 2.36 bits per heavy atom. The van der Waals surface area contributed by atoms with E-state index in [0.717, 1.165) is 0 Å². The SMILES string of the molecule is NC1CC(=O)N(c2ccc(S(=O)(=O)N3CCN(c4cc(C(F)(F)[C@H]5CC[C@H](C(=O)NCCCO)CC5)cc(Cl)n4)CC3)cc2)C1. The summed E-state index contributed by atoms with van der Waals surface area (Å²) >= 11 is 6.22. The number of pyridine rings is 1. The van der Waals surface area contributed by atoms with Crippen LogP contribution in [0.2, 0.25) is 5.15 Å². The number of aliphatic hydroxyl groups is 1. The number of anilines is 2. The van der Waals surface area contributed by atoms with Gasteiger partial charge in [-0.3, -0.25) is 9.59 Å². The first-order chi connectivity index (χ1) is 21.4. The van der Waals surface area contributed by atoms with Gasteiger partial charge in [0.25, 0.3) is 5.92 Å². The molecule has 11 nitrogen and oxygen atoms in total. The van der Waals surface area contributed by atoms with Gasteiger partial charge < -0.3 is 26.0 Å². The van der Waals surface area contributed by atoms with Crippen LogP contribution >= 0.6 is 11.6 Å². The van der Waals surface area contributed by atoms with Crippen molar-refractivity contribution in [2.24, 2.45) is 17.6 Å². The number of carbonyl (C=O) groups is 2. The van der Waals surface area contributed by atoms with Crippen molar-refractivity contribution in [2.45, 2.75) is 55.4 Å². The standard InChI is InChI=1S/C30H39ClF2N6O5S/c31-26-16-22(30(32,33)21-4-2-20(3-5-21)29(42)35-10-1-15-40)17-27(36-26)37-11-13-38(14-12-37)45(43,44)25-8-6-24(7-9-25)39-19-23(34)18-28(39)41/h6-9,16-17,20-21,23,40H,1-5,10-15,18-19,34H2,(H,35,42)/t20-,21-,23?. The molecule has 1 unspecified atom stereocenters. The van der Waals surface area contributed by atoms with Crippen LogP contribution in [0, 0.1) is 11.8 Å². The number of nitrogens with two attached hydrogens (primary N) is 1. The normalized spacial score (nSPS) is 23.4. The van der Waals surface area contributed by atoms with Gasteiger partial charge in [-0.1, -0.05) is 11.6 Å². The maximum Gasteiger partial charge on any atom is 0.276 e. The molecule has 1 saturated carbocycles. The maximum absolute atomic E-state index is 15.8. The Kier molecular flexibility index (Phi) is 10.3. The lowest BCUT2D eigenvalue weighted by Crippen LogP contribution is -2.49. The van der Waals surface area contributed by atoms with Crippen LogP contribution in [0.3, 0.4) is 0 Å². The van der Waals surface area contributed by atoms with Crippen LogP contribution in [0.5, 0.6) is 0 Å². The van der Waals surface area contributed by atoms with E-state index in [2.05, 4.69) is 10.3 Å². The van der Waals surface area contributed by atoms with Gasteiger partial charge in [-0.2, -0.15) is 4.31 Å². The number of amides is 2. The van der Waals surface area contributed by atoms with Gasteiger partial charge in [0.2, 0.25) is 21.8 Å². The predicted molar refractivity (Wildman–Crippen MR) is 166 cm³/mol. The molecule has 2 amide bonds. The first-order valence-electron chi connectivity index (χ1n) is 15.3. The van der Waals surface area contributed by atoms with Crippen molar-refractivity contribution in [1.82, 2.24) is 14.6 Å². The minimum Gasteiger partial charge on any atom is -0.396 e. The molecule has 246 valence electrons. The summed E-state index contributed by atoms with van der Waals surface area (Å²) < 4.78 is 59.6. The predicted octanol–water partition coefficient (Wildman–Crippen LogP) is 2.71. The highest BCUT2D eigenvalue weighted by Crippen LogP contribution is 2.46. The first-order valence-corrected chi connectivity index (χ1v) is 17.1. The van der Waals surface area contributed by atoms with Crippen molar-refractivity contribution in [3.05, 3.63) is 47.1 Å². The summed E-state index contributed by atoms with van der Waals surface area (Å²) in [6.07, 6.45) is 1.75. The molecule has 1 aromatic carbocycles. The number of benzene rings is 1. The average Bonchev–Trinajstić information content (AvgIpc) is 3.38. The van der Waals surface area contributed by atoms with Gasteiger partial charge in [0.1, 0.15) is 11.0 Å². The third-order valence-corrected chi connectivity index (χ3v) is 11.0. The Bertz CT molecular complexity index is 1480. The molecule has 4 N–H and O–H groups in total. The highest BCUT2D eigenvalue weighted by Gasteiger charge is 2.44. The fraction of sp³-hybridized carbons (Fsp3) is 0.567. The molecule has 3 fully saturated rings. The minimum absolute atomic E-state index is 0.0285. The highest BCUT2D eigenvalue weighted by atomic mass is 35.5. The molecule has 1 aliphatic carbocycles. The van der Waals surface area contributed by atoms with Crippen molar-refractivity contribution in [2.75, 3.05) is 55.7 Å². The third-order valence-electron chi connectivity index (χ3n) is 8.91. The lowest BCUT2D eigenvalue weighted by Gasteiger charge is -2.36.